The van der Waals surface area contributed by atoms with Crippen LogP contribution in [0, 0.1) is 12.8 Å². The van der Waals surface area contributed by atoms with Gasteiger partial charge in [0.1, 0.15) is 11.4 Å². The SMILES string of the molecule is Cc1sc(NC=O)cc1C(=O)Nc1cc(C(=O)Nc2cc(C(=O)NCCCN(C)C)n(C)c2)n(CCC(C)C)c1. The van der Waals surface area contributed by atoms with Crippen LogP contribution in [0.15, 0.2) is 30.6 Å². The van der Waals surface area contributed by atoms with Gasteiger partial charge in [0.2, 0.25) is 6.41 Å². The van der Waals surface area contributed by atoms with Crippen molar-refractivity contribution in [1.29, 1.82) is 0 Å². The highest BCUT2D eigenvalue weighted by molar-refractivity contribution is 7.16. The fraction of sp³-hybridized carbons (Fsp3) is 0.429. The first-order valence-electron chi connectivity index (χ1n) is 13.2. The standard InChI is InChI=1S/C28H39N7O4S/c1-18(2)8-11-35-16-21(31-26(37)22-14-25(30-17-36)40-19(22)3)13-24(35)28(39)32-20-12-23(34(6)15-20)27(38)29-9-7-10-33(4)5/h12-18H,7-11H2,1-6H3,(H,29,38)(H,30,36)(H,31,37)(H,32,39). The monoisotopic (exact) mass is 569 g/mol. The minimum absolute atomic E-state index is 0.206. The van der Waals surface area contributed by atoms with Crippen molar-refractivity contribution in [2.75, 3.05) is 43.1 Å². The van der Waals surface area contributed by atoms with E-state index in [0.29, 0.717) is 58.7 Å². The highest BCUT2D eigenvalue weighted by Gasteiger charge is 2.20. The highest BCUT2D eigenvalue weighted by Crippen LogP contribution is 2.27. The Hall–Kier alpha value is -3.90. The van der Waals surface area contributed by atoms with E-state index >= 15 is 0 Å². The molecule has 0 saturated carbocycles. The number of nitrogens with one attached hydrogen (secondary N) is 4. The molecule has 11 nitrogen and oxygen atoms in total. The third-order valence-corrected chi connectivity index (χ3v) is 7.24. The van der Waals surface area contributed by atoms with Gasteiger partial charge in [-0.15, -0.1) is 11.3 Å². The number of thiophene rings is 1. The van der Waals surface area contributed by atoms with Crippen molar-refractivity contribution in [3.8, 4) is 0 Å². The summed E-state index contributed by atoms with van der Waals surface area (Å²) < 4.78 is 3.50. The Morgan fingerprint density at radius 3 is 2.35 bits per heavy atom. The van der Waals surface area contributed by atoms with E-state index in [1.807, 2.05) is 18.7 Å². The van der Waals surface area contributed by atoms with Crippen molar-refractivity contribution in [2.45, 2.75) is 40.2 Å². The molecule has 0 fully saturated rings. The van der Waals surface area contributed by atoms with Crippen molar-refractivity contribution in [2.24, 2.45) is 13.0 Å². The number of rotatable bonds is 14. The number of carbonyl (C=O) groups excluding carboxylic acids is 4. The second kappa shape index (κ2) is 13.9. The van der Waals surface area contributed by atoms with E-state index in [1.165, 1.54) is 11.3 Å². The number of aryl methyl sites for hydroxylation is 3. The van der Waals surface area contributed by atoms with Crippen LogP contribution in [0.1, 0.15) is 62.9 Å². The van der Waals surface area contributed by atoms with Gasteiger partial charge in [-0.25, -0.2) is 0 Å². The lowest BCUT2D eigenvalue weighted by Gasteiger charge is -2.10. The maximum Gasteiger partial charge on any atom is 0.272 e. The summed E-state index contributed by atoms with van der Waals surface area (Å²) in [5.74, 6) is -0.467. The number of hydrogen-bond acceptors (Lipinski definition) is 6. The Bertz CT molecular complexity index is 1350. The Balaban J connectivity index is 1.74. The summed E-state index contributed by atoms with van der Waals surface area (Å²) in [7, 11) is 5.73. The average molecular weight is 570 g/mol. The molecule has 12 heteroatoms. The average Bonchev–Trinajstić information content (AvgIpc) is 3.56. The Kier molecular flexibility index (Phi) is 10.7. The molecule has 0 bridgehead atoms. The molecule has 216 valence electrons. The second-order valence-electron chi connectivity index (χ2n) is 10.4. The summed E-state index contributed by atoms with van der Waals surface area (Å²) in [4.78, 5) is 52.5. The van der Waals surface area contributed by atoms with Gasteiger partial charge in [-0.05, 0) is 64.5 Å². The summed E-state index contributed by atoms with van der Waals surface area (Å²) >= 11 is 1.31. The van der Waals surface area contributed by atoms with E-state index in [2.05, 4.69) is 40.0 Å². The number of nitrogens with zero attached hydrogens (tertiary/aromatic N) is 3. The summed E-state index contributed by atoms with van der Waals surface area (Å²) in [5, 5.41) is 11.8. The zero-order chi connectivity index (χ0) is 29.4. The number of hydrogen-bond donors (Lipinski definition) is 4. The van der Waals surface area contributed by atoms with Gasteiger partial charge in [-0.3, -0.25) is 19.2 Å². The van der Waals surface area contributed by atoms with Crippen LogP contribution in [0.4, 0.5) is 16.4 Å². The van der Waals surface area contributed by atoms with Crippen molar-refractivity contribution >= 4 is 51.8 Å². The van der Waals surface area contributed by atoms with Gasteiger partial charge in [0.25, 0.3) is 17.7 Å². The van der Waals surface area contributed by atoms with Crippen LogP contribution >= 0.6 is 11.3 Å². The molecule has 0 atom stereocenters. The maximum absolute atomic E-state index is 13.3. The van der Waals surface area contributed by atoms with Gasteiger partial charge < -0.3 is 35.3 Å². The smallest absolute Gasteiger partial charge is 0.272 e. The van der Waals surface area contributed by atoms with E-state index in [1.54, 1.807) is 49.1 Å². The third kappa shape index (κ3) is 8.30. The molecule has 0 aliphatic rings. The van der Waals surface area contributed by atoms with Crippen molar-refractivity contribution in [3.05, 3.63) is 52.4 Å². The lowest BCUT2D eigenvalue weighted by atomic mass is 10.1. The van der Waals surface area contributed by atoms with Crippen molar-refractivity contribution in [3.63, 3.8) is 0 Å². The van der Waals surface area contributed by atoms with Crippen LogP contribution in [0.5, 0.6) is 0 Å². The fourth-order valence-corrected chi connectivity index (χ4v) is 5.00. The molecule has 0 saturated heterocycles. The molecule has 3 aromatic rings. The molecular formula is C28H39N7O4S. The summed E-state index contributed by atoms with van der Waals surface area (Å²) in [5.41, 5.74) is 2.27. The molecule has 40 heavy (non-hydrogen) atoms. The molecule has 0 aliphatic heterocycles. The predicted octanol–water partition coefficient (Wildman–Crippen LogP) is 4.00. The Labute approximate surface area is 238 Å². The van der Waals surface area contributed by atoms with Crippen LogP contribution in [0.3, 0.4) is 0 Å². The third-order valence-electron chi connectivity index (χ3n) is 6.26. The molecule has 4 N–H and O–H groups in total. The largest absolute Gasteiger partial charge is 0.351 e. The van der Waals surface area contributed by atoms with Crippen LogP contribution < -0.4 is 21.3 Å². The van der Waals surface area contributed by atoms with Crippen LogP contribution in [-0.2, 0) is 18.4 Å². The van der Waals surface area contributed by atoms with Gasteiger partial charge >= 0.3 is 0 Å². The van der Waals surface area contributed by atoms with E-state index in [-0.39, 0.29) is 17.7 Å². The number of anilines is 3. The molecule has 4 amide bonds. The first kappa shape index (κ1) is 30.6. The maximum atomic E-state index is 13.3. The molecule has 3 heterocycles. The van der Waals surface area contributed by atoms with E-state index in [0.717, 1.165) is 24.3 Å². The van der Waals surface area contributed by atoms with Gasteiger partial charge in [0.05, 0.1) is 21.9 Å². The van der Waals surface area contributed by atoms with Crippen LogP contribution in [0.2, 0.25) is 0 Å². The van der Waals surface area contributed by atoms with Crippen LogP contribution in [-0.4, -0.2) is 65.4 Å². The lowest BCUT2D eigenvalue weighted by molar-refractivity contribution is -0.105. The first-order chi connectivity index (χ1) is 19.0. The lowest BCUT2D eigenvalue weighted by Crippen LogP contribution is -2.28. The van der Waals surface area contributed by atoms with E-state index in [4.69, 9.17) is 0 Å². The van der Waals surface area contributed by atoms with Crippen molar-refractivity contribution in [1.82, 2.24) is 19.4 Å². The molecule has 0 unspecified atom stereocenters. The van der Waals surface area contributed by atoms with Crippen molar-refractivity contribution < 1.29 is 19.2 Å². The molecular weight excluding hydrogens is 530 g/mol. The second-order valence-corrected chi connectivity index (χ2v) is 11.6. The van der Waals surface area contributed by atoms with Gasteiger partial charge in [0, 0.05) is 37.4 Å². The van der Waals surface area contributed by atoms with E-state index in [9.17, 15) is 19.2 Å². The molecule has 0 aliphatic carbocycles. The highest BCUT2D eigenvalue weighted by atomic mass is 32.1. The van der Waals surface area contributed by atoms with Crippen LogP contribution in [0.25, 0.3) is 0 Å². The Morgan fingerprint density at radius 2 is 1.68 bits per heavy atom. The quantitative estimate of drug-likeness (QED) is 0.172. The van der Waals surface area contributed by atoms with Gasteiger partial charge in [-0.1, -0.05) is 13.8 Å². The predicted molar refractivity (Wildman–Crippen MR) is 159 cm³/mol. The summed E-state index contributed by atoms with van der Waals surface area (Å²) in [6.07, 6.45) is 5.69. The first-order valence-corrected chi connectivity index (χ1v) is 14.0. The fourth-order valence-electron chi connectivity index (χ4n) is 4.13. The normalized spacial score (nSPS) is 11.1. The minimum atomic E-state index is -0.350. The molecule has 3 aromatic heterocycles. The zero-order valence-electron chi connectivity index (χ0n) is 24.0. The zero-order valence-corrected chi connectivity index (χ0v) is 24.8. The van der Waals surface area contributed by atoms with Gasteiger partial charge in [-0.2, -0.15) is 0 Å². The number of amides is 4. The summed E-state index contributed by atoms with van der Waals surface area (Å²) in [6, 6.07) is 4.91. The molecule has 0 aromatic carbocycles. The molecule has 0 spiro atoms. The topological polar surface area (TPSA) is 130 Å². The molecule has 0 radical (unpaired) electrons. The minimum Gasteiger partial charge on any atom is -0.351 e. The van der Waals surface area contributed by atoms with E-state index < -0.39 is 0 Å². The number of aromatic nitrogens is 2. The van der Waals surface area contributed by atoms with Gasteiger partial charge in [0.15, 0.2) is 0 Å². The Morgan fingerprint density at radius 1 is 1.00 bits per heavy atom. The molecule has 3 rings (SSSR count). The number of carbonyl (C=O) groups is 4. The summed E-state index contributed by atoms with van der Waals surface area (Å²) in [6.45, 7) is 8.04.